The van der Waals surface area contributed by atoms with Gasteiger partial charge in [0.15, 0.2) is 0 Å². The molecule has 118 valence electrons. The number of carbonyl (C=O) groups excluding carboxylic acids is 1. The fourth-order valence-corrected chi connectivity index (χ4v) is 1.71. The largest absolute Gasteiger partial charge is 0.480 e. The van der Waals surface area contributed by atoms with E-state index in [1.54, 1.807) is 36.4 Å². The summed E-state index contributed by atoms with van der Waals surface area (Å²) in [7, 11) is 0. The summed E-state index contributed by atoms with van der Waals surface area (Å²) in [5, 5.41) is 21.2. The SMILES string of the molecule is O=C(O)CNC(=O)c1ccc(/C=C/c2ccc([N+](=O)[O-])o2)cc1. The van der Waals surface area contributed by atoms with E-state index in [1.807, 2.05) is 0 Å². The fourth-order valence-electron chi connectivity index (χ4n) is 1.71. The third-order valence-electron chi connectivity index (χ3n) is 2.81. The second kappa shape index (κ2) is 7.03. The van der Waals surface area contributed by atoms with Crippen LogP contribution in [0.5, 0.6) is 0 Å². The van der Waals surface area contributed by atoms with E-state index in [-0.39, 0.29) is 5.88 Å². The first-order valence-electron chi connectivity index (χ1n) is 6.48. The predicted octanol–water partition coefficient (Wildman–Crippen LogP) is 2.17. The Balaban J connectivity index is 2.01. The Morgan fingerprint density at radius 2 is 1.87 bits per heavy atom. The van der Waals surface area contributed by atoms with Crippen LogP contribution < -0.4 is 5.32 Å². The molecular weight excluding hydrogens is 304 g/mol. The van der Waals surface area contributed by atoms with Gasteiger partial charge in [-0.25, -0.2) is 0 Å². The number of hydrogen-bond acceptors (Lipinski definition) is 5. The molecule has 0 aliphatic carbocycles. The van der Waals surface area contributed by atoms with Gasteiger partial charge >= 0.3 is 11.9 Å². The van der Waals surface area contributed by atoms with Crippen LogP contribution >= 0.6 is 0 Å². The average Bonchev–Trinajstić information content (AvgIpc) is 3.00. The smallest absolute Gasteiger partial charge is 0.433 e. The normalized spacial score (nSPS) is 10.6. The quantitative estimate of drug-likeness (QED) is 0.622. The summed E-state index contributed by atoms with van der Waals surface area (Å²) in [5.74, 6) is -1.61. The van der Waals surface area contributed by atoms with Crippen LogP contribution in [0.15, 0.2) is 40.8 Å². The number of amides is 1. The molecule has 0 bridgehead atoms. The summed E-state index contributed by atoms with van der Waals surface area (Å²) in [6, 6.07) is 9.13. The number of furan rings is 1. The van der Waals surface area contributed by atoms with Gasteiger partial charge in [0, 0.05) is 5.56 Å². The van der Waals surface area contributed by atoms with Crippen LogP contribution in [-0.2, 0) is 4.79 Å². The molecule has 1 aromatic carbocycles. The zero-order valence-electron chi connectivity index (χ0n) is 11.8. The lowest BCUT2D eigenvalue weighted by Crippen LogP contribution is -2.29. The lowest BCUT2D eigenvalue weighted by Gasteiger charge is -2.02. The van der Waals surface area contributed by atoms with Crippen LogP contribution in [0.25, 0.3) is 12.2 Å². The highest BCUT2D eigenvalue weighted by atomic mass is 16.6. The van der Waals surface area contributed by atoms with E-state index >= 15 is 0 Å². The van der Waals surface area contributed by atoms with Gasteiger partial charge in [-0.3, -0.25) is 19.7 Å². The molecule has 2 rings (SSSR count). The lowest BCUT2D eigenvalue weighted by molar-refractivity contribution is -0.402. The van der Waals surface area contributed by atoms with Gasteiger partial charge in [-0.05, 0) is 29.8 Å². The molecule has 0 spiro atoms. The number of nitro groups is 1. The standard InChI is InChI=1S/C15H12N2O6/c18-14(19)9-16-15(20)11-4-1-10(2-5-11)3-6-12-7-8-13(23-12)17(21)22/h1-8H,9H2,(H,16,20)(H,18,19)/b6-3+. The van der Waals surface area contributed by atoms with E-state index in [4.69, 9.17) is 9.52 Å². The Morgan fingerprint density at radius 3 is 2.43 bits per heavy atom. The molecule has 0 fully saturated rings. The molecule has 1 amide bonds. The zero-order valence-corrected chi connectivity index (χ0v) is 11.8. The van der Waals surface area contributed by atoms with E-state index in [2.05, 4.69) is 5.32 Å². The van der Waals surface area contributed by atoms with Crippen molar-refractivity contribution in [2.75, 3.05) is 6.54 Å². The first-order chi connectivity index (χ1) is 11.0. The van der Waals surface area contributed by atoms with Crippen LogP contribution in [0.1, 0.15) is 21.7 Å². The Labute approximate surface area is 130 Å². The molecule has 2 N–H and O–H groups in total. The van der Waals surface area contributed by atoms with Crippen molar-refractivity contribution < 1.29 is 24.0 Å². The van der Waals surface area contributed by atoms with Crippen molar-refractivity contribution in [1.82, 2.24) is 5.32 Å². The van der Waals surface area contributed by atoms with Crippen molar-refractivity contribution >= 4 is 29.9 Å². The highest BCUT2D eigenvalue weighted by Crippen LogP contribution is 2.18. The van der Waals surface area contributed by atoms with E-state index in [1.165, 1.54) is 12.1 Å². The van der Waals surface area contributed by atoms with Gasteiger partial charge in [-0.1, -0.05) is 18.2 Å². The molecule has 0 aliphatic rings. The molecular formula is C15H12N2O6. The van der Waals surface area contributed by atoms with Gasteiger partial charge in [0.1, 0.15) is 17.2 Å². The van der Waals surface area contributed by atoms with Gasteiger partial charge in [-0.2, -0.15) is 0 Å². The number of carboxylic acid groups (broad SMARTS) is 1. The second-order valence-electron chi connectivity index (χ2n) is 4.46. The maximum atomic E-state index is 11.6. The number of nitrogens with one attached hydrogen (secondary N) is 1. The lowest BCUT2D eigenvalue weighted by atomic mass is 10.1. The Bertz CT molecular complexity index is 761. The number of rotatable bonds is 6. The van der Waals surface area contributed by atoms with E-state index in [9.17, 15) is 19.7 Å². The molecule has 1 heterocycles. The van der Waals surface area contributed by atoms with Gasteiger partial charge in [0.05, 0.1) is 6.07 Å². The molecule has 1 aromatic heterocycles. The van der Waals surface area contributed by atoms with Crippen LogP contribution in [-0.4, -0.2) is 28.5 Å². The zero-order chi connectivity index (χ0) is 16.8. The van der Waals surface area contributed by atoms with Crippen molar-refractivity contribution in [3.05, 3.63) is 63.4 Å². The number of carboxylic acids is 1. The molecule has 0 unspecified atom stereocenters. The number of benzene rings is 1. The highest BCUT2D eigenvalue weighted by molar-refractivity contribution is 5.96. The molecule has 0 radical (unpaired) electrons. The second-order valence-corrected chi connectivity index (χ2v) is 4.46. The molecule has 23 heavy (non-hydrogen) atoms. The topological polar surface area (TPSA) is 123 Å². The summed E-state index contributed by atoms with van der Waals surface area (Å²) < 4.78 is 4.98. The average molecular weight is 316 g/mol. The summed E-state index contributed by atoms with van der Waals surface area (Å²) in [4.78, 5) is 31.9. The number of carbonyl (C=O) groups is 2. The van der Waals surface area contributed by atoms with Crippen LogP contribution in [0.4, 0.5) is 5.88 Å². The minimum Gasteiger partial charge on any atom is -0.480 e. The monoisotopic (exact) mass is 316 g/mol. The van der Waals surface area contributed by atoms with E-state index < -0.39 is 23.3 Å². The number of nitrogens with zero attached hydrogens (tertiary/aromatic N) is 1. The minimum atomic E-state index is -1.12. The highest BCUT2D eigenvalue weighted by Gasteiger charge is 2.10. The maximum absolute atomic E-state index is 11.6. The Kier molecular flexibility index (Phi) is 4.88. The molecule has 0 atom stereocenters. The summed E-state index contributed by atoms with van der Waals surface area (Å²) in [6.45, 7) is -0.447. The van der Waals surface area contributed by atoms with Crippen LogP contribution in [0.3, 0.4) is 0 Å². The molecule has 0 aliphatic heterocycles. The predicted molar refractivity (Wildman–Crippen MR) is 80.7 cm³/mol. The van der Waals surface area contributed by atoms with Gasteiger partial charge in [0.2, 0.25) is 0 Å². The van der Waals surface area contributed by atoms with E-state index in [0.29, 0.717) is 11.3 Å². The third-order valence-corrected chi connectivity index (χ3v) is 2.81. The van der Waals surface area contributed by atoms with Crippen molar-refractivity contribution in [3.8, 4) is 0 Å². The van der Waals surface area contributed by atoms with Gasteiger partial charge in [-0.15, -0.1) is 0 Å². The number of aliphatic carboxylic acids is 1. The minimum absolute atomic E-state index is 0.331. The fraction of sp³-hybridized carbons (Fsp3) is 0.0667. The Morgan fingerprint density at radius 1 is 1.17 bits per heavy atom. The molecule has 0 saturated heterocycles. The van der Waals surface area contributed by atoms with Crippen molar-refractivity contribution in [2.24, 2.45) is 0 Å². The molecule has 8 nitrogen and oxygen atoms in total. The summed E-state index contributed by atoms with van der Waals surface area (Å²) in [6.07, 6.45) is 3.23. The molecule has 2 aromatic rings. The number of hydrogen-bond donors (Lipinski definition) is 2. The van der Waals surface area contributed by atoms with Crippen molar-refractivity contribution in [1.29, 1.82) is 0 Å². The third kappa shape index (κ3) is 4.53. The van der Waals surface area contributed by atoms with Crippen molar-refractivity contribution in [3.63, 3.8) is 0 Å². The van der Waals surface area contributed by atoms with Crippen LogP contribution in [0, 0.1) is 10.1 Å². The summed E-state index contributed by atoms with van der Waals surface area (Å²) >= 11 is 0. The molecule has 0 saturated carbocycles. The molecule has 8 heteroatoms. The summed E-state index contributed by atoms with van der Waals surface area (Å²) in [5.41, 5.74) is 1.08. The van der Waals surface area contributed by atoms with E-state index in [0.717, 1.165) is 5.56 Å². The van der Waals surface area contributed by atoms with Gasteiger partial charge < -0.3 is 14.8 Å². The first kappa shape index (κ1) is 16.0. The Hall–Kier alpha value is -3.42. The van der Waals surface area contributed by atoms with Gasteiger partial charge in [0.25, 0.3) is 5.91 Å². The maximum Gasteiger partial charge on any atom is 0.433 e. The van der Waals surface area contributed by atoms with Crippen LogP contribution in [0.2, 0.25) is 0 Å². The van der Waals surface area contributed by atoms with Crippen molar-refractivity contribution in [2.45, 2.75) is 0 Å². The first-order valence-corrected chi connectivity index (χ1v) is 6.48.